The monoisotopic (exact) mass is 426 g/mol. The van der Waals surface area contributed by atoms with Crippen molar-refractivity contribution >= 4 is 39.3 Å². The number of amides is 2. The van der Waals surface area contributed by atoms with Crippen LogP contribution in [-0.2, 0) is 11.3 Å². The molecule has 132 valence electrons. The molecule has 4 nitrogen and oxygen atoms in total. The van der Waals surface area contributed by atoms with E-state index in [-0.39, 0.29) is 30.7 Å². The maximum Gasteiger partial charge on any atom is 0.255 e. The summed E-state index contributed by atoms with van der Waals surface area (Å²) in [5.41, 5.74) is 1.11. The first-order chi connectivity index (χ1) is 11.9. The van der Waals surface area contributed by atoms with Crippen LogP contribution in [0.5, 0.6) is 0 Å². The van der Waals surface area contributed by atoms with Gasteiger partial charge in [0.15, 0.2) is 0 Å². The van der Waals surface area contributed by atoms with E-state index in [0.717, 1.165) is 10.0 Å². The summed E-state index contributed by atoms with van der Waals surface area (Å²) in [6, 6.07) is 10.9. The molecule has 0 heterocycles. The first kappa shape index (κ1) is 19.4. The molecular formula is C18H17BrClFN2O2. The normalized spacial score (nSPS) is 10.4. The topological polar surface area (TPSA) is 49.4 Å². The Bertz CT molecular complexity index is 768. The number of nitrogens with one attached hydrogen (secondary N) is 1. The van der Waals surface area contributed by atoms with Gasteiger partial charge in [-0.15, -0.1) is 0 Å². The summed E-state index contributed by atoms with van der Waals surface area (Å²) >= 11 is 9.39. The average molecular weight is 428 g/mol. The number of carbonyl (C=O) groups is 2. The van der Waals surface area contributed by atoms with Gasteiger partial charge in [0.1, 0.15) is 5.82 Å². The van der Waals surface area contributed by atoms with Crippen LogP contribution < -0.4 is 5.32 Å². The maximum absolute atomic E-state index is 12.9. The fraction of sp³-hybridized carbons (Fsp3) is 0.222. The van der Waals surface area contributed by atoms with E-state index >= 15 is 0 Å². The van der Waals surface area contributed by atoms with E-state index in [4.69, 9.17) is 11.6 Å². The van der Waals surface area contributed by atoms with Gasteiger partial charge < -0.3 is 10.2 Å². The lowest BCUT2D eigenvalue weighted by Gasteiger charge is -2.21. The third-order valence-corrected chi connectivity index (χ3v) is 4.39. The minimum absolute atomic E-state index is 0.0840. The van der Waals surface area contributed by atoms with E-state index in [1.807, 2.05) is 0 Å². The van der Waals surface area contributed by atoms with Gasteiger partial charge in [0, 0.05) is 17.6 Å². The van der Waals surface area contributed by atoms with Crippen LogP contribution in [0.25, 0.3) is 0 Å². The Balaban J connectivity index is 1.98. The molecule has 7 heteroatoms. The third kappa shape index (κ3) is 5.54. The molecule has 25 heavy (non-hydrogen) atoms. The molecule has 0 aromatic heterocycles. The molecule has 2 aromatic rings. The highest BCUT2D eigenvalue weighted by Gasteiger charge is 2.20. The van der Waals surface area contributed by atoms with Gasteiger partial charge in [-0.2, -0.15) is 0 Å². The summed E-state index contributed by atoms with van der Waals surface area (Å²) in [7, 11) is 0. The number of benzene rings is 2. The van der Waals surface area contributed by atoms with E-state index in [9.17, 15) is 14.0 Å². The number of rotatable bonds is 6. The van der Waals surface area contributed by atoms with Gasteiger partial charge in [0.05, 0.1) is 17.1 Å². The quantitative estimate of drug-likeness (QED) is 0.757. The summed E-state index contributed by atoms with van der Waals surface area (Å²) < 4.78 is 13.6. The third-order valence-electron chi connectivity index (χ3n) is 3.57. The Morgan fingerprint density at radius 3 is 2.52 bits per heavy atom. The number of nitrogens with zero attached hydrogens (tertiary/aromatic N) is 1. The molecule has 2 aromatic carbocycles. The molecule has 0 aliphatic heterocycles. The van der Waals surface area contributed by atoms with Crippen LogP contribution in [0, 0.1) is 5.82 Å². The highest BCUT2D eigenvalue weighted by molar-refractivity contribution is 9.10. The van der Waals surface area contributed by atoms with Crippen LogP contribution in [0.15, 0.2) is 46.9 Å². The first-order valence-corrected chi connectivity index (χ1v) is 8.83. The van der Waals surface area contributed by atoms with Crippen LogP contribution in [-0.4, -0.2) is 29.8 Å². The molecule has 0 saturated carbocycles. The highest BCUT2D eigenvalue weighted by Crippen LogP contribution is 2.22. The van der Waals surface area contributed by atoms with Crippen LogP contribution in [0.2, 0.25) is 5.02 Å². The van der Waals surface area contributed by atoms with Gasteiger partial charge in [0.25, 0.3) is 5.91 Å². The summed E-state index contributed by atoms with van der Waals surface area (Å²) in [5.74, 6) is -0.944. The van der Waals surface area contributed by atoms with Crippen molar-refractivity contribution in [3.05, 3.63) is 68.9 Å². The minimum Gasteiger partial charge on any atom is -0.350 e. The molecule has 0 spiro atoms. The molecule has 0 atom stereocenters. The zero-order valence-electron chi connectivity index (χ0n) is 13.6. The SMILES string of the molecule is CCN(CC(=O)NCc1ccc(F)cc1)C(=O)c1cc(Br)ccc1Cl. The summed E-state index contributed by atoms with van der Waals surface area (Å²) in [5, 5.41) is 3.05. The second kappa shape index (κ2) is 8.97. The van der Waals surface area contributed by atoms with E-state index < -0.39 is 0 Å². The summed E-state index contributed by atoms with van der Waals surface area (Å²) in [4.78, 5) is 26.1. The molecule has 2 rings (SSSR count). The molecular weight excluding hydrogens is 411 g/mol. The standard InChI is InChI=1S/C18H17BrClFN2O2/c1-2-23(18(25)15-9-13(19)5-8-16(15)20)11-17(24)22-10-12-3-6-14(21)7-4-12/h3-9H,2,10-11H2,1H3,(H,22,24). The van der Waals surface area contributed by atoms with Crippen molar-refractivity contribution in [2.24, 2.45) is 0 Å². The van der Waals surface area contributed by atoms with E-state index in [1.54, 1.807) is 37.3 Å². The Kier molecular flexibility index (Phi) is 6.96. The number of hydrogen-bond acceptors (Lipinski definition) is 2. The highest BCUT2D eigenvalue weighted by atomic mass is 79.9. The molecule has 0 bridgehead atoms. The fourth-order valence-corrected chi connectivity index (χ4v) is 2.75. The predicted octanol–water partition coefficient (Wildman–Crippen LogP) is 4.02. The van der Waals surface area contributed by atoms with Crippen molar-refractivity contribution in [3.63, 3.8) is 0 Å². The van der Waals surface area contributed by atoms with Crippen molar-refractivity contribution in [2.45, 2.75) is 13.5 Å². The Hall–Kier alpha value is -1.92. The largest absolute Gasteiger partial charge is 0.350 e. The molecule has 2 amide bonds. The van der Waals surface area contributed by atoms with Crippen molar-refractivity contribution in [1.82, 2.24) is 10.2 Å². The molecule has 0 radical (unpaired) electrons. The first-order valence-electron chi connectivity index (χ1n) is 7.66. The van der Waals surface area contributed by atoms with Gasteiger partial charge in [-0.1, -0.05) is 39.7 Å². The van der Waals surface area contributed by atoms with Gasteiger partial charge >= 0.3 is 0 Å². The molecule has 0 fully saturated rings. The Labute approximate surface area is 159 Å². The van der Waals surface area contributed by atoms with E-state index in [1.165, 1.54) is 17.0 Å². The second-order valence-electron chi connectivity index (χ2n) is 5.35. The Morgan fingerprint density at radius 1 is 1.20 bits per heavy atom. The van der Waals surface area contributed by atoms with E-state index in [2.05, 4.69) is 21.2 Å². The molecule has 0 aliphatic rings. The molecule has 0 saturated heterocycles. The van der Waals surface area contributed by atoms with Crippen molar-refractivity contribution in [2.75, 3.05) is 13.1 Å². The lowest BCUT2D eigenvalue weighted by atomic mass is 10.2. The van der Waals surface area contributed by atoms with Gasteiger partial charge in [-0.3, -0.25) is 9.59 Å². The predicted molar refractivity (Wildman–Crippen MR) is 99.0 cm³/mol. The minimum atomic E-state index is -0.330. The van der Waals surface area contributed by atoms with Crippen molar-refractivity contribution in [1.29, 1.82) is 0 Å². The van der Waals surface area contributed by atoms with Crippen LogP contribution in [0.3, 0.4) is 0 Å². The molecule has 0 unspecified atom stereocenters. The number of halogens is 3. The van der Waals surface area contributed by atoms with Crippen LogP contribution in [0.1, 0.15) is 22.8 Å². The Morgan fingerprint density at radius 2 is 1.88 bits per heavy atom. The second-order valence-corrected chi connectivity index (χ2v) is 6.67. The lowest BCUT2D eigenvalue weighted by Crippen LogP contribution is -2.40. The maximum atomic E-state index is 12.9. The summed E-state index contributed by atoms with van der Waals surface area (Å²) in [6.45, 7) is 2.34. The summed E-state index contributed by atoms with van der Waals surface area (Å²) in [6.07, 6.45) is 0. The van der Waals surface area contributed by atoms with Crippen molar-refractivity contribution < 1.29 is 14.0 Å². The average Bonchev–Trinajstić information content (AvgIpc) is 2.60. The zero-order chi connectivity index (χ0) is 18.4. The zero-order valence-corrected chi connectivity index (χ0v) is 15.9. The smallest absolute Gasteiger partial charge is 0.255 e. The number of carbonyl (C=O) groups excluding carboxylic acids is 2. The number of hydrogen-bond donors (Lipinski definition) is 1. The van der Waals surface area contributed by atoms with Crippen LogP contribution >= 0.6 is 27.5 Å². The lowest BCUT2D eigenvalue weighted by molar-refractivity contribution is -0.121. The van der Waals surface area contributed by atoms with Gasteiger partial charge in [-0.05, 0) is 42.8 Å². The van der Waals surface area contributed by atoms with Gasteiger partial charge in [0.2, 0.25) is 5.91 Å². The van der Waals surface area contributed by atoms with Gasteiger partial charge in [-0.25, -0.2) is 4.39 Å². The molecule has 0 aliphatic carbocycles. The number of likely N-dealkylation sites (N-methyl/N-ethyl adjacent to an activating group) is 1. The molecule has 1 N–H and O–H groups in total. The fourth-order valence-electron chi connectivity index (χ4n) is 2.19. The van der Waals surface area contributed by atoms with Crippen LogP contribution in [0.4, 0.5) is 4.39 Å². The van der Waals surface area contributed by atoms with Crippen molar-refractivity contribution in [3.8, 4) is 0 Å². The van der Waals surface area contributed by atoms with E-state index in [0.29, 0.717) is 17.1 Å².